The third-order valence-corrected chi connectivity index (χ3v) is 9.66. The minimum atomic E-state index is -3.61. The van der Waals surface area contributed by atoms with Gasteiger partial charge >= 0.3 is 0 Å². The maximum atomic E-state index is 12.6. The van der Waals surface area contributed by atoms with Crippen LogP contribution in [0.1, 0.15) is 41.6 Å². The Morgan fingerprint density at radius 3 is 2.10 bits per heavy atom. The summed E-state index contributed by atoms with van der Waals surface area (Å²) in [5, 5.41) is 19.1. The Hall–Kier alpha value is -3.18. The standard InChI is InChI=1S/C32H33NO6S2/c1-22-30(21-40-28-17-15-27(35)16-18-28)38-32(39-31(22)25-11-9-24(20-34)10-12-25)26-13-7-23(8-14-26)19-33-41(36,37)29-5-3-2-4-6-29/h2-18,22,30-35H,19-21H2,1H3/t22-,30+,31+,32?/m0/s1. The van der Waals surface area contributed by atoms with Gasteiger partial charge in [0.25, 0.3) is 0 Å². The molecule has 9 heteroatoms. The van der Waals surface area contributed by atoms with E-state index in [1.165, 1.54) is 0 Å². The molecule has 5 rings (SSSR count). The summed E-state index contributed by atoms with van der Waals surface area (Å²) < 4.78 is 40.9. The molecule has 0 aromatic heterocycles. The molecular weight excluding hydrogens is 558 g/mol. The van der Waals surface area contributed by atoms with Gasteiger partial charge in [0, 0.05) is 28.7 Å². The highest BCUT2D eigenvalue weighted by Crippen LogP contribution is 2.43. The molecule has 4 aromatic rings. The van der Waals surface area contributed by atoms with Gasteiger partial charge in [-0.25, -0.2) is 13.1 Å². The first-order chi connectivity index (χ1) is 19.8. The maximum absolute atomic E-state index is 12.6. The zero-order valence-corrected chi connectivity index (χ0v) is 24.2. The van der Waals surface area contributed by atoms with Crippen molar-refractivity contribution in [3.63, 3.8) is 0 Å². The number of rotatable bonds is 10. The van der Waals surface area contributed by atoms with Crippen LogP contribution < -0.4 is 4.72 Å². The number of aromatic hydroxyl groups is 1. The lowest BCUT2D eigenvalue weighted by Gasteiger charge is -2.41. The van der Waals surface area contributed by atoms with E-state index in [-0.39, 0.29) is 41.9 Å². The average Bonchev–Trinajstić information content (AvgIpc) is 3.01. The number of nitrogens with one attached hydrogen (secondary N) is 1. The molecule has 0 radical (unpaired) electrons. The van der Waals surface area contributed by atoms with E-state index in [0.29, 0.717) is 5.75 Å². The summed E-state index contributed by atoms with van der Waals surface area (Å²) in [6, 6.07) is 30.8. The molecule has 0 saturated carbocycles. The molecule has 0 amide bonds. The van der Waals surface area contributed by atoms with E-state index >= 15 is 0 Å². The van der Waals surface area contributed by atoms with Gasteiger partial charge in [0.2, 0.25) is 10.0 Å². The van der Waals surface area contributed by atoms with Gasteiger partial charge in [-0.1, -0.05) is 73.7 Å². The highest BCUT2D eigenvalue weighted by molar-refractivity contribution is 7.99. The summed E-state index contributed by atoms with van der Waals surface area (Å²) in [6.07, 6.45) is -0.981. The van der Waals surface area contributed by atoms with Crippen LogP contribution in [0.5, 0.6) is 5.75 Å². The Balaban J connectivity index is 1.32. The van der Waals surface area contributed by atoms with Crippen LogP contribution >= 0.6 is 11.8 Å². The lowest BCUT2D eigenvalue weighted by atomic mass is 9.91. The number of sulfonamides is 1. The number of phenols is 1. The predicted octanol–water partition coefficient (Wildman–Crippen LogP) is 5.95. The SMILES string of the molecule is C[C@H]1[C@@H](CSc2ccc(O)cc2)OC(c2ccc(CNS(=O)(=O)c3ccccc3)cc2)O[C@H]1c1ccc(CO)cc1. The van der Waals surface area contributed by atoms with Crippen molar-refractivity contribution in [2.24, 2.45) is 5.92 Å². The van der Waals surface area contributed by atoms with Gasteiger partial charge in [-0.3, -0.25) is 0 Å². The van der Waals surface area contributed by atoms with Crippen molar-refractivity contribution in [3.8, 4) is 5.75 Å². The average molecular weight is 592 g/mol. The van der Waals surface area contributed by atoms with Crippen molar-refractivity contribution < 1.29 is 28.1 Å². The van der Waals surface area contributed by atoms with Crippen molar-refractivity contribution in [1.29, 1.82) is 0 Å². The summed E-state index contributed by atoms with van der Waals surface area (Å²) in [6.45, 7) is 2.25. The van der Waals surface area contributed by atoms with Crippen LogP contribution in [-0.2, 0) is 32.6 Å². The number of hydrogen-bond acceptors (Lipinski definition) is 7. The van der Waals surface area contributed by atoms with Crippen LogP contribution in [0.4, 0.5) is 0 Å². The molecule has 0 spiro atoms. The monoisotopic (exact) mass is 591 g/mol. The summed E-state index contributed by atoms with van der Waals surface area (Å²) in [7, 11) is -3.61. The van der Waals surface area contributed by atoms with Gasteiger partial charge in [-0.15, -0.1) is 11.8 Å². The Labute approximate surface area is 245 Å². The molecule has 1 saturated heterocycles. The molecule has 4 atom stereocenters. The Kier molecular flexibility index (Phi) is 9.44. The number of aliphatic hydroxyl groups excluding tert-OH is 1. The lowest BCUT2D eigenvalue weighted by Crippen LogP contribution is -2.38. The van der Waals surface area contributed by atoms with Crippen molar-refractivity contribution in [1.82, 2.24) is 4.72 Å². The van der Waals surface area contributed by atoms with Gasteiger partial charge < -0.3 is 19.7 Å². The van der Waals surface area contributed by atoms with Crippen LogP contribution in [0.2, 0.25) is 0 Å². The molecule has 4 aromatic carbocycles. The molecule has 7 nitrogen and oxygen atoms in total. The minimum absolute atomic E-state index is 0.0210. The highest BCUT2D eigenvalue weighted by Gasteiger charge is 2.38. The molecule has 1 aliphatic heterocycles. The second-order valence-corrected chi connectivity index (χ2v) is 12.9. The van der Waals surface area contributed by atoms with Gasteiger partial charge in [-0.2, -0.15) is 0 Å². The zero-order valence-electron chi connectivity index (χ0n) is 22.6. The number of hydrogen-bond donors (Lipinski definition) is 3. The summed E-state index contributed by atoms with van der Waals surface area (Å²) in [5.41, 5.74) is 3.49. The topological polar surface area (TPSA) is 105 Å². The van der Waals surface area contributed by atoms with Crippen molar-refractivity contribution in [2.75, 3.05) is 5.75 Å². The van der Waals surface area contributed by atoms with E-state index in [0.717, 1.165) is 27.1 Å². The molecule has 1 aliphatic rings. The summed E-state index contributed by atoms with van der Waals surface area (Å²) in [5.74, 6) is 0.964. The molecule has 1 unspecified atom stereocenters. The van der Waals surface area contributed by atoms with E-state index < -0.39 is 16.3 Å². The van der Waals surface area contributed by atoms with E-state index in [1.54, 1.807) is 54.2 Å². The molecule has 0 aliphatic carbocycles. The number of benzene rings is 4. The molecule has 0 bridgehead atoms. The first kappa shape index (κ1) is 29.3. The van der Waals surface area contributed by atoms with Crippen LogP contribution in [0.15, 0.2) is 113 Å². The Morgan fingerprint density at radius 1 is 0.805 bits per heavy atom. The van der Waals surface area contributed by atoms with Gasteiger partial charge in [-0.05, 0) is 53.1 Å². The van der Waals surface area contributed by atoms with Gasteiger partial charge in [0.1, 0.15) is 5.75 Å². The van der Waals surface area contributed by atoms with Crippen molar-refractivity contribution >= 4 is 21.8 Å². The smallest absolute Gasteiger partial charge is 0.240 e. The molecule has 41 heavy (non-hydrogen) atoms. The third kappa shape index (κ3) is 7.37. The quantitative estimate of drug-likeness (QED) is 0.196. The van der Waals surface area contributed by atoms with Crippen LogP contribution in [0.25, 0.3) is 0 Å². The first-order valence-corrected chi connectivity index (χ1v) is 15.9. The zero-order chi connectivity index (χ0) is 28.8. The fourth-order valence-electron chi connectivity index (χ4n) is 4.68. The largest absolute Gasteiger partial charge is 0.508 e. The number of phenolic OH excluding ortho intramolecular Hbond substituents is 1. The molecule has 3 N–H and O–H groups in total. The fourth-order valence-corrected chi connectivity index (χ4v) is 6.79. The Bertz CT molecular complexity index is 1510. The second-order valence-electron chi connectivity index (χ2n) is 10.0. The van der Waals surface area contributed by atoms with Crippen LogP contribution in [-0.4, -0.2) is 30.5 Å². The molecule has 214 valence electrons. The van der Waals surface area contributed by atoms with E-state index in [9.17, 15) is 18.6 Å². The normalized spacial score (nSPS) is 21.0. The predicted molar refractivity (Wildman–Crippen MR) is 159 cm³/mol. The van der Waals surface area contributed by atoms with Crippen LogP contribution in [0.3, 0.4) is 0 Å². The van der Waals surface area contributed by atoms with Crippen LogP contribution in [0, 0.1) is 5.92 Å². The van der Waals surface area contributed by atoms with Gasteiger partial charge in [0.05, 0.1) is 23.7 Å². The molecule has 1 heterocycles. The van der Waals surface area contributed by atoms with E-state index in [4.69, 9.17) is 9.47 Å². The van der Waals surface area contributed by atoms with E-state index in [1.807, 2.05) is 60.7 Å². The number of ether oxygens (including phenoxy) is 2. The van der Waals surface area contributed by atoms with Gasteiger partial charge in [0.15, 0.2) is 6.29 Å². The first-order valence-electron chi connectivity index (χ1n) is 13.4. The fraction of sp³-hybridized carbons (Fsp3) is 0.250. The summed E-state index contributed by atoms with van der Waals surface area (Å²) >= 11 is 1.66. The van der Waals surface area contributed by atoms with Crippen molar-refractivity contribution in [2.45, 2.75) is 48.4 Å². The number of thioether (sulfide) groups is 1. The highest BCUT2D eigenvalue weighted by atomic mass is 32.2. The maximum Gasteiger partial charge on any atom is 0.240 e. The van der Waals surface area contributed by atoms with E-state index in [2.05, 4.69) is 11.6 Å². The second kappa shape index (κ2) is 13.2. The third-order valence-electron chi connectivity index (χ3n) is 7.15. The summed E-state index contributed by atoms with van der Waals surface area (Å²) in [4.78, 5) is 1.26. The Morgan fingerprint density at radius 2 is 1.44 bits per heavy atom. The molecule has 1 fully saturated rings. The molecular formula is C32H33NO6S2. The van der Waals surface area contributed by atoms with Crippen molar-refractivity contribution in [3.05, 3.63) is 125 Å². The minimum Gasteiger partial charge on any atom is -0.508 e. The lowest BCUT2D eigenvalue weighted by molar-refractivity contribution is -0.268. The number of aliphatic hydroxyl groups is 1.